The molecule has 2 aromatic carbocycles. The van der Waals surface area contributed by atoms with Crippen LogP contribution in [0.5, 0.6) is 0 Å². The third kappa shape index (κ3) is 3.44. The summed E-state index contributed by atoms with van der Waals surface area (Å²) in [6, 6.07) is 11.8. The Morgan fingerprint density at radius 1 is 1.27 bits per heavy atom. The molecule has 1 aliphatic rings. The van der Waals surface area contributed by atoms with Gasteiger partial charge in [0.05, 0.1) is 10.7 Å². The topological polar surface area (TPSA) is 66.5 Å². The Labute approximate surface area is 159 Å². The van der Waals surface area contributed by atoms with Gasteiger partial charge in [0.25, 0.3) is 15.9 Å². The average molecular weight is 393 g/mol. The maximum absolute atomic E-state index is 13.2. The highest BCUT2D eigenvalue weighted by Crippen LogP contribution is 2.35. The highest BCUT2D eigenvalue weighted by atomic mass is 35.5. The quantitative estimate of drug-likeness (QED) is 0.845. The molecule has 1 heterocycles. The van der Waals surface area contributed by atoms with E-state index in [1.807, 2.05) is 32.0 Å². The van der Waals surface area contributed by atoms with Crippen LogP contribution in [0.3, 0.4) is 0 Å². The molecule has 2 aromatic rings. The fourth-order valence-corrected chi connectivity index (χ4v) is 4.93. The summed E-state index contributed by atoms with van der Waals surface area (Å²) in [4.78, 5) is 12.3. The van der Waals surface area contributed by atoms with Crippen molar-refractivity contribution in [3.05, 3.63) is 58.6 Å². The number of hydrogen-bond donors (Lipinski definition) is 1. The molecule has 0 aromatic heterocycles. The van der Waals surface area contributed by atoms with Gasteiger partial charge in [-0.1, -0.05) is 36.7 Å². The minimum Gasteiger partial charge on any atom is -0.350 e. The number of hydrogen-bond acceptors (Lipinski definition) is 3. The Morgan fingerprint density at radius 2 is 2.00 bits per heavy atom. The van der Waals surface area contributed by atoms with Crippen LogP contribution in [0.25, 0.3) is 0 Å². The standard InChI is InChI=1S/C19H21ClN2O3S/c1-3-13(2)21-19(23)15-8-9-16(20)18(12-15)26(24,25)22-11-10-14-6-4-5-7-17(14)22/h4-9,12-13H,3,10-11H2,1-2H3,(H,21,23)/t13-/m1/s1. The third-order valence-corrected chi connectivity index (χ3v) is 6.89. The maximum atomic E-state index is 13.2. The van der Waals surface area contributed by atoms with Crippen molar-refractivity contribution in [2.75, 3.05) is 10.8 Å². The molecule has 5 nitrogen and oxygen atoms in total. The van der Waals surface area contributed by atoms with Crippen molar-refractivity contribution in [3.63, 3.8) is 0 Å². The Bertz CT molecular complexity index is 944. The van der Waals surface area contributed by atoms with Crippen LogP contribution >= 0.6 is 11.6 Å². The second-order valence-corrected chi connectivity index (χ2v) is 8.62. The molecule has 0 saturated carbocycles. The van der Waals surface area contributed by atoms with Crippen LogP contribution in [0.4, 0.5) is 5.69 Å². The number of nitrogens with one attached hydrogen (secondary N) is 1. The molecule has 0 aliphatic carbocycles. The van der Waals surface area contributed by atoms with Gasteiger partial charge in [0.2, 0.25) is 0 Å². The molecular weight excluding hydrogens is 372 g/mol. The van der Waals surface area contributed by atoms with Crippen molar-refractivity contribution in [1.82, 2.24) is 5.32 Å². The van der Waals surface area contributed by atoms with Crippen molar-refractivity contribution in [2.24, 2.45) is 0 Å². The van der Waals surface area contributed by atoms with Crippen LogP contribution in [0.15, 0.2) is 47.4 Å². The number of anilines is 1. The van der Waals surface area contributed by atoms with Crippen molar-refractivity contribution in [2.45, 2.75) is 37.6 Å². The van der Waals surface area contributed by atoms with E-state index >= 15 is 0 Å². The predicted octanol–water partition coefficient (Wildman–Crippen LogP) is 3.62. The fourth-order valence-electron chi connectivity index (χ4n) is 2.93. The lowest BCUT2D eigenvalue weighted by Gasteiger charge is -2.21. The minimum absolute atomic E-state index is 0.00342. The number of sulfonamides is 1. The second-order valence-electron chi connectivity index (χ2n) is 6.38. The monoisotopic (exact) mass is 392 g/mol. The van der Waals surface area contributed by atoms with E-state index in [-0.39, 0.29) is 27.4 Å². The van der Waals surface area contributed by atoms with E-state index in [0.717, 1.165) is 12.0 Å². The first-order valence-corrected chi connectivity index (χ1v) is 10.4. The largest absolute Gasteiger partial charge is 0.350 e. The summed E-state index contributed by atoms with van der Waals surface area (Å²) in [6.45, 7) is 4.22. The summed E-state index contributed by atoms with van der Waals surface area (Å²) in [5.41, 5.74) is 1.93. The Kier molecular flexibility index (Phi) is 5.25. The molecule has 0 saturated heterocycles. The van der Waals surface area contributed by atoms with Gasteiger partial charge < -0.3 is 5.32 Å². The van der Waals surface area contributed by atoms with Crippen LogP contribution in [-0.4, -0.2) is 26.9 Å². The van der Waals surface area contributed by atoms with Crippen LogP contribution in [0.2, 0.25) is 5.02 Å². The smallest absolute Gasteiger partial charge is 0.265 e. The molecule has 1 atom stereocenters. The first kappa shape index (κ1) is 18.7. The van der Waals surface area contributed by atoms with Gasteiger partial charge in [0.15, 0.2) is 0 Å². The zero-order valence-corrected chi connectivity index (χ0v) is 16.3. The molecule has 3 rings (SSSR count). The van der Waals surface area contributed by atoms with Gasteiger partial charge in [0, 0.05) is 18.2 Å². The number of halogens is 1. The molecule has 1 N–H and O–H groups in total. The molecule has 0 spiro atoms. The highest BCUT2D eigenvalue weighted by Gasteiger charge is 2.32. The van der Waals surface area contributed by atoms with E-state index < -0.39 is 10.0 Å². The molecule has 26 heavy (non-hydrogen) atoms. The average Bonchev–Trinajstić information content (AvgIpc) is 3.06. The van der Waals surface area contributed by atoms with E-state index in [0.29, 0.717) is 18.7 Å². The molecule has 0 radical (unpaired) electrons. The van der Waals surface area contributed by atoms with Gasteiger partial charge in [-0.2, -0.15) is 0 Å². The molecule has 1 amide bonds. The van der Waals surface area contributed by atoms with Gasteiger partial charge in [-0.15, -0.1) is 0 Å². The van der Waals surface area contributed by atoms with Gasteiger partial charge in [-0.05, 0) is 49.6 Å². The van der Waals surface area contributed by atoms with Crippen LogP contribution in [0.1, 0.15) is 36.2 Å². The van der Waals surface area contributed by atoms with Crippen LogP contribution in [0, 0.1) is 0 Å². The van der Waals surface area contributed by atoms with E-state index in [4.69, 9.17) is 11.6 Å². The highest BCUT2D eigenvalue weighted by molar-refractivity contribution is 7.93. The SMILES string of the molecule is CC[C@@H](C)NC(=O)c1ccc(Cl)c(S(=O)(=O)N2CCc3ccccc32)c1. The molecule has 138 valence electrons. The van der Waals surface area contributed by atoms with Crippen LogP contribution < -0.4 is 9.62 Å². The van der Waals surface area contributed by atoms with Crippen molar-refractivity contribution in [3.8, 4) is 0 Å². The maximum Gasteiger partial charge on any atom is 0.265 e. The zero-order chi connectivity index (χ0) is 18.9. The summed E-state index contributed by atoms with van der Waals surface area (Å²) in [7, 11) is -3.85. The van der Waals surface area contributed by atoms with E-state index in [1.54, 1.807) is 6.07 Å². The number of nitrogens with zero attached hydrogens (tertiary/aromatic N) is 1. The molecule has 0 fully saturated rings. The molecule has 7 heteroatoms. The number of fused-ring (bicyclic) bond motifs is 1. The van der Waals surface area contributed by atoms with E-state index in [2.05, 4.69) is 5.32 Å². The van der Waals surface area contributed by atoms with Crippen LogP contribution in [-0.2, 0) is 16.4 Å². The Morgan fingerprint density at radius 3 is 2.73 bits per heavy atom. The third-order valence-electron chi connectivity index (χ3n) is 4.60. The summed E-state index contributed by atoms with van der Waals surface area (Å²) in [5.74, 6) is -0.311. The molecule has 0 bridgehead atoms. The zero-order valence-electron chi connectivity index (χ0n) is 14.7. The second kappa shape index (κ2) is 7.29. The normalized spacial score (nSPS) is 14.8. The lowest BCUT2D eigenvalue weighted by molar-refractivity contribution is 0.0939. The lowest BCUT2D eigenvalue weighted by Crippen LogP contribution is -2.32. The summed E-state index contributed by atoms with van der Waals surface area (Å²) in [6.07, 6.45) is 1.44. The number of amides is 1. The Balaban J connectivity index is 1.98. The predicted molar refractivity (Wildman–Crippen MR) is 103 cm³/mol. The number of benzene rings is 2. The first-order valence-electron chi connectivity index (χ1n) is 8.55. The summed E-state index contributed by atoms with van der Waals surface area (Å²) in [5, 5.41) is 2.94. The van der Waals surface area contributed by atoms with Gasteiger partial charge in [0.1, 0.15) is 4.90 Å². The van der Waals surface area contributed by atoms with Gasteiger partial charge in [-0.3, -0.25) is 9.10 Å². The van der Waals surface area contributed by atoms with Crippen molar-refractivity contribution in [1.29, 1.82) is 0 Å². The molecular formula is C19H21ClN2O3S. The van der Waals surface area contributed by atoms with E-state index in [9.17, 15) is 13.2 Å². The number of carbonyl (C=O) groups excluding carboxylic acids is 1. The number of carbonyl (C=O) groups is 1. The van der Waals surface area contributed by atoms with Crippen molar-refractivity contribution < 1.29 is 13.2 Å². The molecule has 0 unspecified atom stereocenters. The van der Waals surface area contributed by atoms with Gasteiger partial charge >= 0.3 is 0 Å². The van der Waals surface area contributed by atoms with Crippen molar-refractivity contribution >= 4 is 33.2 Å². The summed E-state index contributed by atoms with van der Waals surface area (Å²) < 4.78 is 27.7. The van der Waals surface area contributed by atoms with E-state index in [1.165, 1.54) is 22.5 Å². The number of para-hydroxylation sites is 1. The molecule has 1 aliphatic heterocycles. The minimum atomic E-state index is -3.85. The fraction of sp³-hybridized carbons (Fsp3) is 0.316. The number of rotatable bonds is 5. The lowest BCUT2D eigenvalue weighted by atomic mass is 10.2. The van der Waals surface area contributed by atoms with Gasteiger partial charge in [-0.25, -0.2) is 8.42 Å². The Hall–Kier alpha value is -2.05. The summed E-state index contributed by atoms with van der Waals surface area (Å²) >= 11 is 6.19. The first-order chi connectivity index (χ1) is 12.3.